The van der Waals surface area contributed by atoms with Crippen LogP contribution in [0.1, 0.15) is 12.2 Å². The van der Waals surface area contributed by atoms with Gasteiger partial charge in [0.15, 0.2) is 0 Å². The fourth-order valence-corrected chi connectivity index (χ4v) is 1.83. The van der Waals surface area contributed by atoms with Gasteiger partial charge in [-0.3, -0.25) is 0 Å². The number of nitrogens with zero attached hydrogens (tertiary/aromatic N) is 1. The van der Waals surface area contributed by atoms with Crippen LogP contribution in [0.15, 0.2) is 42.1 Å². The molecular weight excluding hydrogens is 186 g/mol. The topological polar surface area (TPSA) is 54.7 Å². The Kier molecular flexibility index (Phi) is 1.65. The maximum atomic E-state index is 5.89. The zero-order chi connectivity index (χ0) is 10.3. The number of allylic oxidation sites excluding steroid dienone is 3. The lowest BCUT2D eigenvalue weighted by Gasteiger charge is -1.96. The molecule has 1 aliphatic carbocycles. The molecule has 74 valence electrons. The smallest absolute Gasteiger partial charge is 0.140 e. The number of H-pyrrole nitrogens is 1. The van der Waals surface area contributed by atoms with Gasteiger partial charge in [0.25, 0.3) is 0 Å². The van der Waals surface area contributed by atoms with Crippen LogP contribution in [0.3, 0.4) is 0 Å². The minimum Gasteiger partial charge on any atom is -0.401 e. The second-order valence-electron chi connectivity index (χ2n) is 3.65. The summed E-state index contributed by atoms with van der Waals surface area (Å²) in [6.07, 6.45) is 4.90. The van der Waals surface area contributed by atoms with E-state index in [1.165, 1.54) is 0 Å². The highest BCUT2D eigenvalue weighted by molar-refractivity contribution is 5.82. The summed E-state index contributed by atoms with van der Waals surface area (Å²) in [7, 11) is 0. The molecule has 1 aromatic carbocycles. The van der Waals surface area contributed by atoms with E-state index in [1.54, 1.807) is 0 Å². The van der Waals surface area contributed by atoms with Gasteiger partial charge in [0.05, 0.1) is 11.0 Å². The van der Waals surface area contributed by atoms with Gasteiger partial charge in [-0.25, -0.2) is 4.98 Å². The van der Waals surface area contributed by atoms with Gasteiger partial charge in [-0.2, -0.15) is 0 Å². The van der Waals surface area contributed by atoms with Gasteiger partial charge >= 0.3 is 0 Å². The maximum Gasteiger partial charge on any atom is 0.140 e. The number of nitrogens with two attached hydrogens (primary N) is 1. The Bertz CT molecular complexity index is 542. The number of fused-ring (bicyclic) bond motifs is 1. The van der Waals surface area contributed by atoms with Crippen LogP contribution in [0.2, 0.25) is 0 Å². The van der Waals surface area contributed by atoms with Gasteiger partial charge in [0.2, 0.25) is 0 Å². The second-order valence-corrected chi connectivity index (χ2v) is 3.65. The van der Waals surface area contributed by atoms with Crippen molar-refractivity contribution in [1.82, 2.24) is 9.97 Å². The third-order valence-corrected chi connectivity index (χ3v) is 2.61. The molecule has 0 amide bonds. The fourth-order valence-electron chi connectivity index (χ4n) is 1.83. The molecule has 0 fully saturated rings. The Morgan fingerprint density at radius 2 is 2.13 bits per heavy atom. The molecule has 15 heavy (non-hydrogen) atoms. The summed E-state index contributed by atoms with van der Waals surface area (Å²) >= 11 is 0. The SMILES string of the molecule is NC1=C(c2nc3ccccc3[nH]2)C=CC1. The first-order valence-corrected chi connectivity index (χ1v) is 4.95. The molecular formula is C12H11N3. The largest absolute Gasteiger partial charge is 0.401 e. The van der Waals surface area contributed by atoms with E-state index in [9.17, 15) is 0 Å². The molecule has 1 heterocycles. The minimum absolute atomic E-state index is 0.826. The molecule has 0 saturated heterocycles. The number of aromatic nitrogens is 2. The van der Waals surface area contributed by atoms with Crippen LogP contribution < -0.4 is 5.73 Å². The van der Waals surface area contributed by atoms with E-state index in [0.29, 0.717) is 0 Å². The summed E-state index contributed by atoms with van der Waals surface area (Å²) in [5.74, 6) is 0.863. The van der Waals surface area contributed by atoms with Crippen LogP contribution in [0.25, 0.3) is 16.6 Å². The number of benzene rings is 1. The predicted molar refractivity (Wildman–Crippen MR) is 61.0 cm³/mol. The first kappa shape index (κ1) is 8.29. The monoisotopic (exact) mass is 197 g/mol. The molecule has 0 aliphatic heterocycles. The summed E-state index contributed by atoms with van der Waals surface area (Å²) in [5, 5.41) is 0. The number of rotatable bonds is 1. The number of imidazole rings is 1. The van der Waals surface area contributed by atoms with Crippen molar-refractivity contribution < 1.29 is 0 Å². The van der Waals surface area contributed by atoms with E-state index in [4.69, 9.17) is 5.73 Å². The van der Waals surface area contributed by atoms with E-state index in [1.807, 2.05) is 30.3 Å². The Morgan fingerprint density at radius 3 is 2.87 bits per heavy atom. The average molecular weight is 197 g/mol. The Morgan fingerprint density at radius 1 is 1.27 bits per heavy atom. The lowest BCUT2D eigenvalue weighted by Crippen LogP contribution is -1.97. The normalized spacial score (nSPS) is 15.5. The zero-order valence-corrected chi connectivity index (χ0v) is 8.20. The standard InChI is InChI=1S/C12H11N3/c13-9-5-3-4-8(9)12-14-10-6-1-2-7-11(10)15-12/h1-4,6-7H,5,13H2,(H,14,15). The van der Waals surface area contributed by atoms with Gasteiger partial charge in [-0.15, -0.1) is 0 Å². The van der Waals surface area contributed by atoms with Crippen molar-refractivity contribution in [3.8, 4) is 0 Å². The van der Waals surface area contributed by atoms with Gasteiger partial charge in [-0.05, 0) is 12.1 Å². The molecule has 3 heteroatoms. The molecule has 0 spiro atoms. The molecule has 0 unspecified atom stereocenters. The van der Waals surface area contributed by atoms with Crippen molar-refractivity contribution in [3.05, 3.63) is 47.9 Å². The maximum absolute atomic E-state index is 5.89. The number of nitrogens with one attached hydrogen (secondary N) is 1. The first-order chi connectivity index (χ1) is 7.34. The summed E-state index contributed by atoms with van der Waals surface area (Å²) < 4.78 is 0. The summed E-state index contributed by atoms with van der Waals surface area (Å²) in [5.41, 5.74) is 9.82. The Balaban J connectivity index is 2.20. The molecule has 3 nitrogen and oxygen atoms in total. The third kappa shape index (κ3) is 1.24. The van der Waals surface area contributed by atoms with Crippen LogP contribution >= 0.6 is 0 Å². The number of hydrogen-bond acceptors (Lipinski definition) is 2. The minimum atomic E-state index is 0.826. The zero-order valence-electron chi connectivity index (χ0n) is 8.20. The highest BCUT2D eigenvalue weighted by Gasteiger charge is 2.11. The van der Waals surface area contributed by atoms with E-state index in [-0.39, 0.29) is 0 Å². The molecule has 0 saturated carbocycles. The average Bonchev–Trinajstić information content (AvgIpc) is 2.82. The van der Waals surface area contributed by atoms with Crippen molar-refractivity contribution in [2.45, 2.75) is 6.42 Å². The van der Waals surface area contributed by atoms with E-state index in [0.717, 1.165) is 34.5 Å². The lowest BCUT2D eigenvalue weighted by molar-refractivity contribution is 1.18. The molecule has 1 aliphatic rings. The van der Waals surface area contributed by atoms with Crippen molar-refractivity contribution in [2.24, 2.45) is 5.73 Å². The van der Waals surface area contributed by atoms with E-state index < -0.39 is 0 Å². The van der Waals surface area contributed by atoms with Gasteiger partial charge in [0.1, 0.15) is 5.82 Å². The second kappa shape index (κ2) is 2.98. The number of aromatic amines is 1. The third-order valence-electron chi connectivity index (χ3n) is 2.61. The molecule has 0 bridgehead atoms. The Hall–Kier alpha value is -2.03. The van der Waals surface area contributed by atoms with Crippen LogP contribution in [0.5, 0.6) is 0 Å². The highest BCUT2D eigenvalue weighted by Crippen LogP contribution is 2.24. The van der Waals surface area contributed by atoms with Crippen LogP contribution in [0.4, 0.5) is 0 Å². The summed E-state index contributed by atoms with van der Waals surface area (Å²) in [4.78, 5) is 7.77. The van der Waals surface area contributed by atoms with Crippen LogP contribution in [0, 0.1) is 0 Å². The predicted octanol–water partition coefficient (Wildman–Crippen LogP) is 2.19. The van der Waals surface area contributed by atoms with Gasteiger partial charge < -0.3 is 10.7 Å². The van der Waals surface area contributed by atoms with Crippen LogP contribution in [-0.2, 0) is 0 Å². The fraction of sp³-hybridized carbons (Fsp3) is 0.0833. The van der Waals surface area contributed by atoms with Gasteiger partial charge in [-0.1, -0.05) is 24.3 Å². The number of para-hydroxylation sites is 2. The van der Waals surface area contributed by atoms with Gasteiger partial charge in [0, 0.05) is 17.7 Å². The quantitative estimate of drug-likeness (QED) is 0.736. The molecule has 2 aromatic rings. The van der Waals surface area contributed by atoms with Crippen molar-refractivity contribution >= 4 is 16.6 Å². The highest BCUT2D eigenvalue weighted by atomic mass is 14.9. The first-order valence-electron chi connectivity index (χ1n) is 4.95. The Labute approximate surface area is 87.3 Å². The molecule has 0 radical (unpaired) electrons. The van der Waals surface area contributed by atoms with Crippen LogP contribution in [-0.4, -0.2) is 9.97 Å². The summed E-state index contributed by atoms with van der Waals surface area (Å²) in [6.45, 7) is 0. The lowest BCUT2D eigenvalue weighted by atomic mass is 10.2. The number of hydrogen-bond donors (Lipinski definition) is 2. The van der Waals surface area contributed by atoms with Crippen molar-refractivity contribution in [1.29, 1.82) is 0 Å². The molecule has 3 N–H and O–H groups in total. The van der Waals surface area contributed by atoms with E-state index >= 15 is 0 Å². The molecule has 3 rings (SSSR count). The summed E-state index contributed by atoms with van der Waals surface area (Å²) in [6, 6.07) is 7.98. The molecule has 1 aromatic heterocycles. The van der Waals surface area contributed by atoms with E-state index in [2.05, 4.69) is 16.0 Å². The van der Waals surface area contributed by atoms with Crippen molar-refractivity contribution in [3.63, 3.8) is 0 Å². The molecule has 0 atom stereocenters. The van der Waals surface area contributed by atoms with Crippen molar-refractivity contribution in [2.75, 3.05) is 0 Å².